The van der Waals surface area contributed by atoms with Crippen molar-refractivity contribution < 1.29 is 19.7 Å². The van der Waals surface area contributed by atoms with E-state index in [9.17, 15) is 15.0 Å². The maximum absolute atomic E-state index is 11.9. The van der Waals surface area contributed by atoms with Crippen molar-refractivity contribution in [3.63, 3.8) is 0 Å². The Labute approximate surface area is 166 Å². The minimum Gasteiger partial charge on any atom is -0.387 e. The van der Waals surface area contributed by atoms with Gasteiger partial charge in [0.1, 0.15) is 18.5 Å². The Morgan fingerprint density at radius 2 is 2.07 bits per heavy atom. The monoisotopic (exact) mass is 398 g/mol. The Hall–Kier alpha value is -3.08. The van der Waals surface area contributed by atoms with Gasteiger partial charge in [-0.3, -0.25) is 9.36 Å². The van der Waals surface area contributed by atoms with Crippen LogP contribution in [-0.2, 0) is 16.1 Å². The molecule has 1 fully saturated rings. The number of amides is 1. The van der Waals surface area contributed by atoms with Gasteiger partial charge in [0.15, 0.2) is 29.3 Å². The van der Waals surface area contributed by atoms with Gasteiger partial charge in [0.05, 0.1) is 6.33 Å². The number of anilines is 1. The zero-order valence-electron chi connectivity index (χ0n) is 16.0. The first-order valence-corrected chi connectivity index (χ1v) is 9.19. The van der Waals surface area contributed by atoms with Crippen molar-refractivity contribution in [1.29, 1.82) is 0 Å². The lowest BCUT2D eigenvalue weighted by Crippen LogP contribution is -2.41. The topological polar surface area (TPSA) is 134 Å². The summed E-state index contributed by atoms with van der Waals surface area (Å²) in [6.45, 7) is 2.59. The first-order chi connectivity index (χ1) is 14.0. The van der Waals surface area contributed by atoms with Gasteiger partial charge in [-0.25, -0.2) is 15.0 Å². The molecular weight excluding hydrogens is 376 g/mol. The van der Waals surface area contributed by atoms with Crippen LogP contribution in [0.2, 0.25) is 0 Å². The first kappa shape index (κ1) is 19.2. The lowest BCUT2D eigenvalue weighted by atomic mass is 10.1. The molecule has 4 atom stereocenters. The van der Waals surface area contributed by atoms with E-state index in [1.54, 1.807) is 0 Å². The summed E-state index contributed by atoms with van der Waals surface area (Å²) in [6.07, 6.45) is -2.03. The van der Waals surface area contributed by atoms with Gasteiger partial charge in [0.25, 0.3) is 5.91 Å². The summed E-state index contributed by atoms with van der Waals surface area (Å²) in [7, 11) is 1.43. The van der Waals surface area contributed by atoms with E-state index in [1.165, 1.54) is 24.3 Å². The smallest absolute Gasteiger partial charge is 0.251 e. The van der Waals surface area contributed by atoms with Crippen LogP contribution in [0.3, 0.4) is 0 Å². The van der Waals surface area contributed by atoms with Gasteiger partial charge in [0.2, 0.25) is 0 Å². The lowest BCUT2D eigenvalue weighted by molar-refractivity contribution is -0.137. The Bertz CT molecular complexity index is 1040. The molecule has 0 radical (unpaired) electrons. The van der Waals surface area contributed by atoms with Gasteiger partial charge < -0.3 is 25.6 Å². The molecular formula is C19H22N6O4. The number of rotatable bonds is 5. The molecule has 1 aliphatic rings. The fraction of sp³-hybridized carbons (Fsp3) is 0.368. The second-order valence-electron chi connectivity index (χ2n) is 6.93. The van der Waals surface area contributed by atoms with Crippen molar-refractivity contribution >= 4 is 22.9 Å². The number of ether oxygens (including phenoxy) is 1. The summed E-state index contributed by atoms with van der Waals surface area (Å²) in [4.78, 5) is 24.7. The maximum Gasteiger partial charge on any atom is 0.251 e. The summed E-state index contributed by atoms with van der Waals surface area (Å²) in [6, 6.07) is 8.11. The number of imidazole rings is 1. The molecule has 29 heavy (non-hydrogen) atoms. The highest BCUT2D eigenvalue weighted by atomic mass is 16.6. The van der Waals surface area contributed by atoms with Crippen LogP contribution < -0.4 is 10.6 Å². The van der Waals surface area contributed by atoms with Crippen LogP contribution >= 0.6 is 0 Å². The minimum absolute atomic E-state index is 0.417. The molecule has 1 aromatic carbocycles. The van der Waals surface area contributed by atoms with E-state index in [1.807, 2.05) is 25.1 Å². The van der Waals surface area contributed by atoms with Gasteiger partial charge in [-0.1, -0.05) is 29.8 Å². The molecule has 1 aliphatic heterocycles. The average molecular weight is 398 g/mol. The van der Waals surface area contributed by atoms with E-state index in [4.69, 9.17) is 4.74 Å². The van der Waals surface area contributed by atoms with Crippen molar-refractivity contribution in [2.75, 3.05) is 12.4 Å². The second kappa shape index (κ2) is 7.74. The molecule has 10 heteroatoms. The normalized spacial score (nSPS) is 24.0. The van der Waals surface area contributed by atoms with Crippen LogP contribution in [0.5, 0.6) is 0 Å². The summed E-state index contributed by atoms with van der Waals surface area (Å²) in [5.74, 6) is 0.0183. The second-order valence-corrected chi connectivity index (χ2v) is 6.93. The molecule has 3 heterocycles. The highest BCUT2D eigenvalue weighted by Gasteiger charge is 2.47. The Morgan fingerprint density at radius 1 is 1.24 bits per heavy atom. The number of aliphatic hydroxyl groups is 2. The van der Waals surface area contributed by atoms with Crippen LogP contribution in [0.25, 0.3) is 11.2 Å². The molecule has 1 saturated heterocycles. The predicted molar refractivity (Wildman–Crippen MR) is 104 cm³/mol. The van der Waals surface area contributed by atoms with E-state index < -0.39 is 30.4 Å². The molecule has 10 nitrogen and oxygen atoms in total. The summed E-state index contributed by atoms with van der Waals surface area (Å²) in [5, 5.41) is 26.2. The number of nitrogens with zero attached hydrogens (tertiary/aromatic N) is 4. The average Bonchev–Trinajstić information content (AvgIpc) is 3.28. The highest BCUT2D eigenvalue weighted by molar-refractivity contribution is 5.83. The fourth-order valence-electron chi connectivity index (χ4n) is 3.42. The molecule has 0 aliphatic carbocycles. The van der Waals surface area contributed by atoms with Crippen LogP contribution in [0.15, 0.2) is 36.9 Å². The van der Waals surface area contributed by atoms with Crippen molar-refractivity contribution in [2.24, 2.45) is 0 Å². The number of aromatic nitrogens is 4. The molecule has 0 spiro atoms. The number of fused-ring (bicyclic) bond motifs is 1. The van der Waals surface area contributed by atoms with Crippen LogP contribution in [0, 0.1) is 6.92 Å². The van der Waals surface area contributed by atoms with Crippen LogP contribution in [-0.4, -0.2) is 61.0 Å². The Morgan fingerprint density at radius 3 is 2.83 bits per heavy atom. The summed E-state index contributed by atoms with van der Waals surface area (Å²) < 4.78 is 7.10. The van der Waals surface area contributed by atoms with Crippen molar-refractivity contribution in [1.82, 2.24) is 24.8 Å². The largest absolute Gasteiger partial charge is 0.387 e. The molecule has 1 amide bonds. The Kier molecular flexibility index (Phi) is 5.14. The molecule has 3 aromatic rings. The van der Waals surface area contributed by atoms with Gasteiger partial charge in [-0.15, -0.1) is 0 Å². The summed E-state index contributed by atoms with van der Waals surface area (Å²) in [5.41, 5.74) is 3.18. The third-order valence-electron chi connectivity index (χ3n) is 4.92. The van der Waals surface area contributed by atoms with Gasteiger partial charge in [-0.2, -0.15) is 0 Å². The fourth-order valence-corrected chi connectivity index (χ4v) is 3.42. The third-order valence-corrected chi connectivity index (χ3v) is 4.92. The SMILES string of the molecule is CNC(=O)C1OC(n2cnc3c(NCc4cccc(C)c4)ncnc32)C(O)C1O. The first-order valence-electron chi connectivity index (χ1n) is 9.19. The van der Waals surface area contributed by atoms with Gasteiger partial charge in [-0.05, 0) is 12.5 Å². The van der Waals surface area contributed by atoms with Gasteiger partial charge in [0, 0.05) is 13.6 Å². The zero-order chi connectivity index (χ0) is 20.5. The molecule has 0 saturated carbocycles. The molecule has 2 aromatic heterocycles. The quantitative estimate of drug-likeness (QED) is 0.476. The maximum atomic E-state index is 11.9. The standard InChI is InChI=1S/C19H22N6O4/c1-10-4-3-5-11(6-10)7-21-16-12-17(23-8-22-16)25(9-24-12)19-14(27)13(26)15(29-19)18(28)20-2/h3-6,8-9,13-15,19,26-27H,7H2,1-2H3,(H,20,28)(H,21,22,23). The van der Waals surface area contributed by atoms with Crippen molar-refractivity contribution in [3.8, 4) is 0 Å². The van der Waals surface area contributed by atoms with E-state index in [0.29, 0.717) is 23.5 Å². The Balaban J connectivity index is 1.60. The third kappa shape index (κ3) is 3.53. The number of benzene rings is 1. The molecule has 4 rings (SSSR count). The number of likely N-dealkylation sites (N-methyl/N-ethyl adjacent to an activating group) is 1. The number of hydrogen-bond donors (Lipinski definition) is 4. The van der Waals surface area contributed by atoms with Crippen molar-refractivity contribution in [2.45, 2.75) is 38.0 Å². The van der Waals surface area contributed by atoms with E-state index in [-0.39, 0.29) is 0 Å². The van der Waals surface area contributed by atoms with Crippen molar-refractivity contribution in [3.05, 3.63) is 48.0 Å². The number of nitrogens with one attached hydrogen (secondary N) is 2. The zero-order valence-corrected chi connectivity index (χ0v) is 16.0. The number of carbonyl (C=O) groups excluding carboxylic acids is 1. The lowest BCUT2D eigenvalue weighted by Gasteiger charge is -2.16. The number of hydrogen-bond acceptors (Lipinski definition) is 8. The molecule has 152 valence electrons. The highest BCUT2D eigenvalue weighted by Crippen LogP contribution is 2.32. The van der Waals surface area contributed by atoms with E-state index >= 15 is 0 Å². The van der Waals surface area contributed by atoms with E-state index in [0.717, 1.165) is 11.1 Å². The van der Waals surface area contributed by atoms with Gasteiger partial charge >= 0.3 is 0 Å². The molecule has 0 bridgehead atoms. The minimum atomic E-state index is -1.36. The predicted octanol–water partition coefficient (Wildman–Crippen LogP) is 0.112. The van der Waals surface area contributed by atoms with Crippen LogP contribution in [0.4, 0.5) is 5.82 Å². The number of carbonyl (C=O) groups is 1. The van der Waals surface area contributed by atoms with Crippen LogP contribution in [0.1, 0.15) is 17.4 Å². The summed E-state index contributed by atoms with van der Waals surface area (Å²) >= 11 is 0. The number of aryl methyl sites for hydroxylation is 1. The molecule has 4 N–H and O–H groups in total. The van der Waals surface area contributed by atoms with E-state index in [2.05, 4.69) is 31.7 Å². The molecule has 4 unspecified atom stereocenters. The number of aliphatic hydroxyl groups excluding tert-OH is 2.